The SMILES string of the molecule is C1CCCCC1.CC.COCC1CO1. The smallest absolute Gasteiger partial charge is 0.104 e. The Morgan fingerprint density at radius 2 is 1.36 bits per heavy atom. The van der Waals surface area contributed by atoms with Crippen molar-refractivity contribution in [2.24, 2.45) is 0 Å². The molecule has 0 radical (unpaired) electrons. The summed E-state index contributed by atoms with van der Waals surface area (Å²) in [5.74, 6) is 0. The van der Waals surface area contributed by atoms with E-state index in [9.17, 15) is 0 Å². The fourth-order valence-corrected chi connectivity index (χ4v) is 1.41. The molecule has 1 aliphatic heterocycles. The van der Waals surface area contributed by atoms with Crippen LogP contribution in [0.15, 0.2) is 0 Å². The van der Waals surface area contributed by atoms with Crippen LogP contribution in [-0.2, 0) is 9.47 Å². The van der Waals surface area contributed by atoms with Crippen molar-refractivity contribution < 1.29 is 9.47 Å². The monoisotopic (exact) mass is 202 g/mol. The van der Waals surface area contributed by atoms with Crippen molar-refractivity contribution in [1.29, 1.82) is 0 Å². The molecule has 1 heterocycles. The molecule has 2 fully saturated rings. The Balaban J connectivity index is 0.000000206. The van der Waals surface area contributed by atoms with E-state index >= 15 is 0 Å². The molecule has 0 amide bonds. The summed E-state index contributed by atoms with van der Waals surface area (Å²) in [6.07, 6.45) is 9.43. The van der Waals surface area contributed by atoms with E-state index in [4.69, 9.17) is 9.47 Å². The average molecular weight is 202 g/mol. The highest BCUT2D eigenvalue weighted by Gasteiger charge is 2.21. The van der Waals surface area contributed by atoms with Crippen LogP contribution in [-0.4, -0.2) is 26.4 Å². The van der Waals surface area contributed by atoms with E-state index in [0.717, 1.165) is 13.2 Å². The van der Waals surface area contributed by atoms with Crippen LogP contribution in [0.3, 0.4) is 0 Å². The summed E-state index contributed by atoms with van der Waals surface area (Å²) >= 11 is 0. The Labute approximate surface area is 89.0 Å². The minimum atomic E-state index is 0.426. The minimum Gasteiger partial charge on any atom is -0.382 e. The summed E-state index contributed by atoms with van der Waals surface area (Å²) < 4.78 is 9.56. The van der Waals surface area contributed by atoms with Crippen LogP contribution < -0.4 is 0 Å². The molecule has 0 aromatic rings. The molecule has 0 bridgehead atoms. The summed E-state index contributed by atoms with van der Waals surface area (Å²) in [7, 11) is 1.68. The first-order valence-electron chi connectivity index (χ1n) is 6.04. The molecule has 86 valence electrons. The molecule has 1 unspecified atom stereocenters. The van der Waals surface area contributed by atoms with E-state index in [1.165, 1.54) is 38.5 Å². The zero-order valence-corrected chi connectivity index (χ0v) is 10.1. The predicted octanol–water partition coefficient (Wildman–Crippen LogP) is 3.40. The molecule has 1 aliphatic carbocycles. The molecule has 2 nitrogen and oxygen atoms in total. The average Bonchev–Trinajstić information content (AvgIpc) is 3.09. The quantitative estimate of drug-likeness (QED) is 0.640. The molecule has 2 aliphatic rings. The van der Waals surface area contributed by atoms with Gasteiger partial charge in [0, 0.05) is 7.11 Å². The van der Waals surface area contributed by atoms with Crippen LogP contribution in [0.5, 0.6) is 0 Å². The van der Waals surface area contributed by atoms with Gasteiger partial charge in [-0.05, 0) is 0 Å². The van der Waals surface area contributed by atoms with Crippen LogP contribution in [0.25, 0.3) is 0 Å². The lowest BCUT2D eigenvalue weighted by Crippen LogP contribution is -1.94. The molecule has 0 spiro atoms. The summed E-state index contributed by atoms with van der Waals surface area (Å²) in [4.78, 5) is 0. The second-order valence-corrected chi connectivity index (χ2v) is 3.53. The number of ether oxygens (including phenoxy) is 2. The molecular weight excluding hydrogens is 176 g/mol. The van der Waals surface area contributed by atoms with Crippen molar-refractivity contribution in [3.63, 3.8) is 0 Å². The van der Waals surface area contributed by atoms with E-state index in [1.807, 2.05) is 13.8 Å². The highest BCUT2D eigenvalue weighted by Crippen LogP contribution is 2.15. The van der Waals surface area contributed by atoms with Crippen molar-refractivity contribution in [2.75, 3.05) is 20.3 Å². The lowest BCUT2D eigenvalue weighted by molar-refractivity contribution is 0.171. The zero-order valence-electron chi connectivity index (χ0n) is 10.1. The largest absolute Gasteiger partial charge is 0.382 e. The first kappa shape index (κ1) is 13.9. The summed E-state index contributed by atoms with van der Waals surface area (Å²) in [6, 6.07) is 0. The third-order valence-corrected chi connectivity index (χ3v) is 2.25. The second-order valence-electron chi connectivity index (χ2n) is 3.53. The lowest BCUT2D eigenvalue weighted by atomic mass is 10.0. The van der Waals surface area contributed by atoms with Gasteiger partial charge in [-0.15, -0.1) is 0 Å². The topological polar surface area (TPSA) is 21.8 Å². The number of methoxy groups -OCH3 is 1. The third-order valence-electron chi connectivity index (χ3n) is 2.25. The lowest BCUT2D eigenvalue weighted by Gasteiger charge is -2.05. The third kappa shape index (κ3) is 10.0. The van der Waals surface area contributed by atoms with Gasteiger partial charge in [-0.25, -0.2) is 0 Å². The van der Waals surface area contributed by atoms with Crippen molar-refractivity contribution in [3.8, 4) is 0 Å². The normalized spacial score (nSPS) is 23.8. The Hall–Kier alpha value is -0.0800. The van der Waals surface area contributed by atoms with Gasteiger partial charge < -0.3 is 9.47 Å². The first-order valence-corrected chi connectivity index (χ1v) is 6.04. The van der Waals surface area contributed by atoms with Gasteiger partial charge in [0.05, 0.1) is 13.2 Å². The number of epoxide rings is 1. The van der Waals surface area contributed by atoms with Crippen molar-refractivity contribution in [3.05, 3.63) is 0 Å². The summed E-state index contributed by atoms with van der Waals surface area (Å²) in [6.45, 7) is 5.66. The van der Waals surface area contributed by atoms with Gasteiger partial charge in [-0.1, -0.05) is 52.4 Å². The molecule has 1 atom stereocenters. The van der Waals surface area contributed by atoms with E-state index in [1.54, 1.807) is 7.11 Å². The highest BCUT2D eigenvalue weighted by atomic mass is 16.6. The van der Waals surface area contributed by atoms with Gasteiger partial charge in [0.2, 0.25) is 0 Å². The van der Waals surface area contributed by atoms with Crippen LogP contribution >= 0.6 is 0 Å². The molecule has 1 saturated carbocycles. The Bertz CT molecular complexity index is 85.0. The predicted molar refractivity (Wildman–Crippen MR) is 60.7 cm³/mol. The van der Waals surface area contributed by atoms with Gasteiger partial charge in [0.15, 0.2) is 0 Å². The van der Waals surface area contributed by atoms with Crippen LogP contribution in [0.2, 0.25) is 0 Å². The molecule has 2 heteroatoms. The van der Waals surface area contributed by atoms with Gasteiger partial charge >= 0.3 is 0 Å². The van der Waals surface area contributed by atoms with Crippen molar-refractivity contribution in [1.82, 2.24) is 0 Å². The van der Waals surface area contributed by atoms with Crippen LogP contribution in [0.1, 0.15) is 52.4 Å². The molecule has 0 aromatic carbocycles. The second kappa shape index (κ2) is 11.0. The Morgan fingerprint density at radius 3 is 1.50 bits per heavy atom. The summed E-state index contributed by atoms with van der Waals surface area (Å²) in [5.41, 5.74) is 0. The van der Waals surface area contributed by atoms with Crippen LogP contribution in [0, 0.1) is 0 Å². The molecule has 0 aromatic heterocycles. The molecule has 14 heavy (non-hydrogen) atoms. The van der Waals surface area contributed by atoms with Crippen molar-refractivity contribution in [2.45, 2.75) is 58.5 Å². The van der Waals surface area contributed by atoms with Crippen molar-refractivity contribution >= 4 is 0 Å². The maximum atomic E-state index is 4.82. The fraction of sp³-hybridized carbons (Fsp3) is 1.00. The fourth-order valence-electron chi connectivity index (χ4n) is 1.41. The summed E-state index contributed by atoms with van der Waals surface area (Å²) in [5, 5.41) is 0. The van der Waals surface area contributed by atoms with E-state index in [-0.39, 0.29) is 0 Å². The van der Waals surface area contributed by atoms with Gasteiger partial charge in [-0.3, -0.25) is 0 Å². The number of hydrogen-bond donors (Lipinski definition) is 0. The van der Waals surface area contributed by atoms with Gasteiger partial charge in [-0.2, -0.15) is 0 Å². The minimum absolute atomic E-state index is 0.426. The van der Waals surface area contributed by atoms with E-state index in [0.29, 0.717) is 6.10 Å². The van der Waals surface area contributed by atoms with Crippen LogP contribution in [0.4, 0.5) is 0 Å². The standard InChI is InChI=1S/C6H12.C4H8O2.C2H6/c1-2-4-6-5-3-1;1-5-2-4-3-6-4;1-2/h1-6H2;4H,2-3H2,1H3;1-2H3. The van der Waals surface area contributed by atoms with E-state index in [2.05, 4.69) is 0 Å². The number of hydrogen-bond acceptors (Lipinski definition) is 2. The maximum Gasteiger partial charge on any atom is 0.104 e. The Morgan fingerprint density at radius 1 is 1.00 bits per heavy atom. The highest BCUT2D eigenvalue weighted by molar-refractivity contribution is 4.66. The molecule has 1 saturated heterocycles. The maximum absolute atomic E-state index is 4.82. The van der Waals surface area contributed by atoms with E-state index < -0.39 is 0 Å². The van der Waals surface area contributed by atoms with Gasteiger partial charge in [0.1, 0.15) is 6.10 Å². The Kier molecular flexibility index (Phi) is 10.9. The van der Waals surface area contributed by atoms with Gasteiger partial charge in [0.25, 0.3) is 0 Å². The zero-order chi connectivity index (χ0) is 10.6. The molecule has 2 rings (SSSR count). The number of rotatable bonds is 2. The molecular formula is C12H26O2. The first-order chi connectivity index (χ1) is 6.93. The molecule has 0 N–H and O–H groups in total.